The Kier molecular flexibility index (Phi) is 68.9. The van der Waals surface area contributed by atoms with Gasteiger partial charge in [-0.2, -0.15) is 0 Å². The fraction of sp³-hybridized carbons (Fsp3) is 0.946. The first-order valence-electron chi connectivity index (χ1n) is 36.9. The summed E-state index contributed by atoms with van der Waals surface area (Å²) in [7, 11) is 0. The van der Waals surface area contributed by atoms with E-state index in [0.717, 1.165) is 38.5 Å². The Bertz CT molecular complexity index is 1210. The van der Waals surface area contributed by atoms with E-state index in [1.807, 2.05) is 0 Å². The van der Waals surface area contributed by atoms with Crippen molar-refractivity contribution >= 4 is 11.9 Å². The molecule has 476 valence electrons. The zero-order chi connectivity index (χ0) is 57.8. The smallest absolute Gasteiger partial charge is 0.305 e. The van der Waals surface area contributed by atoms with Gasteiger partial charge >= 0.3 is 5.97 Å². The minimum Gasteiger partial charge on any atom is -0.466 e. The third kappa shape index (κ3) is 65.7. The van der Waals surface area contributed by atoms with Crippen molar-refractivity contribution in [2.75, 3.05) is 13.2 Å². The number of hydrogen-bond donors (Lipinski definition) is 3. The van der Waals surface area contributed by atoms with Crippen molar-refractivity contribution in [3.63, 3.8) is 0 Å². The Hall–Kier alpha value is -1.40. The SMILES string of the molecule is CCCCCCCCCCCCCCCCCCCCCCCCCCC(O)C(CO)NC(=O)CCCCCCCCC/C=C\CCCCCCCCCCCOC(=O)CCCCCCCCCCCCCCCCCCCCC. The zero-order valence-electron chi connectivity index (χ0n) is 54.6. The molecule has 0 spiro atoms. The van der Waals surface area contributed by atoms with Gasteiger partial charge in [-0.3, -0.25) is 9.59 Å². The van der Waals surface area contributed by atoms with Crippen LogP contribution in [0.25, 0.3) is 0 Å². The summed E-state index contributed by atoms with van der Waals surface area (Å²) in [6.45, 7) is 5.00. The van der Waals surface area contributed by atoms with Gasteiger partial charge in [-0.05, 0) is 51.4 Å². The average Bonchev–Trinajstić information content (AvgIpc) is 3.46. The van der Waals surface area contributed by atoms with Crippen LogP contribution in [0.1, 0.15) is 425 Å². The van der Waals surface area contributed by atoms with E-state index < -0.39 is 12.1 Å². The second-order valence-electron chi connectivity index (χ2n) is 25.6. The third-order valence-electron chi connectivity index (χ3n) is 17.6. The number of hydrogen-bond acceptors (Lipinski definition) is 5. The molecule has 0 heterocycles. The van der Waals surface area contributed by atoms with Crippen molar-refractivity contribution in [2.45, 2.75) is 437 Å². The number of amides is 1. The van der Waals surface area contributed by atoms with Crippen LogP contribution in [0.5, 0.6) is 0 Å². The van der Waals surface area contributed by atoms with Crippen LogP contribution >= 0.6 is 0 Å². The maximum Gasteiger partial charge on any atom is 0.305 e. The molecular formula is C74H145NO5. The summed E-state index contributed by atoms with van der Waals surface area (Å²) < 4.78 is 5.51. The van der Waals surface area contributed by atoms with Crippen LogP contribution in [-0.4, -0.2) is 47.4 Å². The number of allylic oxidation sites excluding steroid dienone is 2. The number of unbranched alkanes of at least 4 members (excludes halogenated alkanes) is 57. The first kappa shape index (κ1) is 78.6. The van der Waals surface area contributed by atoms with Gasteiger partial charge in [0.1, 0.15) is 0 Å². The quantitative estimate of drug-likeness (QED) is 0.0320. The summed E-state index contributed by atoms with van der Waals surface area (Å²) in [4.78, 5) is 24.7. The molecule has 0 saturated carbocycles. The summed E-state index contributed by atoms with van der Waals surface area (Å²) in [6.07, 6.45) is 86.9. The van der Waals surface area contributed by atoms with Gasteiger partial charge in [-0.15, -0.1) is 0 Å². The molecule has 0 aromatic rings. The van der Waals surface area contributed by atoms with Crippen LogP contribution < -0.4 is 5.32 Å². The van der Waals surface area contributed by atoms with Crippen molar-refractivity contribution in [3.05, 3.63) is 12.2 Å². The molecule has 0 aromatic carbocycles. The first-order chi connectivity index (χ1) is 39.5. The largest absolute Gasteiger partial charge is 0.466 e. The van der Waals surface area contributed by atoms with E-state index in [2.05, 4.69) is 31.3 Å². The topological polar surface area (TPSA) is 95.9 Å². The lowest BCUT2D eigenvalue weighted by molar-refractivity contribution is -0.143. The van der Waals surface area contributed by atoms with Gasteiger partial charge in [0.15, 0.2) is 0 Å². The van der Waals surface area contributed by atoms with Gasteiger partial charge in [0.25, 0.3) is 0 Å². The number of rotatable bonds is 70. The molecule has 0 aliphatic rings. The standard InChI is InChI=1S/C74H145NO5/c1-3-5-7-9-11-13-15-17-19-21-23-24-25-26-27-31-34-38-42-46-50-54-58-62-66-72(77)71(70-76)75-73(78)67-63-59-55-51-47-43-39-35-32-28-29-33-37-41-45-49-53-57-61-65-69-80-74(79)68-64-60-56-52-48-44-40-36-30-22-20-18-16-14-12-10-8-6-4-2/h28,32,71-72,76-77H,3-27,29-31,33-70H2,1-2H3,(H,75,78)/b32-28-. The molecule has 0 aliphatic heterocycles. The molecule has 2 atom stereocenters. The molecular weight excluding hydrogens is 983 g/mol. The lowest BCUT2D eigenvalue weighted by atomic mass is 10.0. The van der Waals surface area contributed by atoms with Crippen LogP contribution in [-0.2, 0) is 14.3 Å². The van der Waals surface area contributed by atoms with Crippen molar-refractivity contribution in [3.8, 4) is 0 Å². The fourth-order valence-electron chi connectivity index (χ4n) is 11.9. The number of esters is 1. The molecule has 0 saturated heterocycles. The van der Waals surface area contributed by atoms with Crippen LogP contribution in [0.3, 0.4) is 0 Å². The van der Waals surface area contributed by atoms with E-state index in [1.165, 1.54) is 353 Å². The molecule has 3 N–H and O–H groups in total. The average molecular weight is 1130 g/mol. The second kappa shape index (κ2) is 70.1. The molecule has 2 unspecified atom stereocenters. The summed E-state index contributed by atoms with van der Waals surface area (Å²) in [5.41, 5.74) is 0. The number of carbonyl (C=O) groups is 2. The molecule has 0 fully saturated rings. The minimum absolute atomic E-state index is 0.0126. The summed E-state index contributed by atoms with van der Waals surface area (Å²) in [5.74, 6) is -0.0255. The number of ether oxygens (including phenoxy) is 1. The van der Waals surface area contributed by atoms with E-state index in [1.54, 1.807) is 0 Å². The summed E-state index contributed by atoms with van der Waals surface area (Å²) >= 11 is 0. The second-order valence-corrected chi connectivity index (χ2v) is 25.6. The molecule has 0 radical (unpaired) electrons. The van der Waals surface area contributed by atoms with Crippen molar-refractivity contribution in [1.82, 2.24) is 5.32 Å². The Morgan fingerprint density at radius 1 is 0.338 bits per heavy atom. The van der Waals surface area contributed by atoms with E-state index in [0.29, 0.717) is 25.9 Å². The van der Waals surface area contributed by atoms with Crippen LogP contribution in [0.15, 0.2) is 12.2 Å². The number of aliphatic hydroxyl groups excluding tert-OH is 2. The first-order valence-corrected chi connectivity index (χ1v) is 36.9. The Labute approximate surface area is 501 Å². The van der Waals surface area contributed by atoms with Gasteiger partial charge in [0.2, 0.25) is 5.91 Å². The molecule has 0 rings (SSSR count). The molecule has 6 nitrogen and oxygen atoms in total. The Balaban J connectivity index is 3.40. The monoisotopic (exact) mass is 1130 g/mol. The molecule has 0 aromatic heterocycles. The van der Waals surface area contributed by atoms with Crippen LogP contribution in [0.4, 0.5) is 0 Å². The zero-order valence-corrected chi connectivity index (χ0v) is 54.6. The van der Waals surface area contributed by atoms with Gasteiger partial charge in [-0.1, -0.05) is 373 Å². The number of aliphatic hydroxyl groups is 2. The normalized spacial score (nSPS) is 12.5. The molecule has 0 bridgehead atoms. The van der Waals surface area contributed by atoms with Crippen molar-refractivity contribution in [1.29, 1.82) is 0 Å². The van der Waals surface area contributed by atoms with Crippen LogP contribution in [0, 0.1) is 0 Å². The lowest BCUT2D eigenvalue weighted by Crippen LogP contribution is -2.45. The maximum atomic E-state index is 12.6. The van der Waals surface area contributed by atoms with Crippen molar-refractivity contribution in [2.24, 2.45) is 0 Å². The number of nitrogens with one attached hydrogen (secondary N) is 1. The minimum atomic E-state index is -0.671. The van der Waals surface area contributed by atoms with E-state index in [-0.39, 0.29) is 18.5 Å². The lowest BCUT2D eigenvalue weighted by Gasteiger charge is -2.22. The van der Waals surface area contributed by atoms with Gasteiger partial charge in [0.05, 0.1) is 25.4 Å². The summed E-state index contributed by atoms with van der Waals surface area (Å²) in [5, 5.41) is 23.4. The molecule has 80 heavy (non-hydrogen) atoms. The van der Waals surface area contributed by atoms with E-state index in [4.69, 9.17) is 4.74 Å². The predicted octanol–water partition coefficient (Wildman–Crippen LogP) is 23.9. The summed E-state index contributed by atoms with van der Waals surface area (Å²) in [6, 6.07) is -0.549. The molecule has 6 heteroatoms. The van der Waals surface area contributed by atoms with Gasteiger partial charge < -0.3 is 20.3 Å². The van der Waals surface area contributed by atoms with Crippen molar-refractivity contribution < 1.29 is 24.5 Å². The van der Waals surface area contributed by atoms with Gasteiger partial charge in [-0.25, -0.2) is 0 Å². The van der Waals surface area contributed by atoms with Crippen LogP contribution in [0.2, 0.25) is 0 Å². The highest BCUT2D eigenvalue weighted by Gasteiger charge is 2.20. The van der Waals surface area contributed by atoms with E-state index >= 15 is 0 Å². The number of carbonyl (C=O) groups excluding carboxylic acids is 2. The molecule has 1 amide bonds. The third-order valence-corrected chi connectivity index (χ3v) is 17.6. The highest BCUT2D eigenvalue weighted by Crippen LogP contribution is 2.20. The van der Waals surface area contributed by atoms with Gasteiger partial charge in [0, 0.05) is 12.8 Å². The highest BCUT2D eigenvalue weighted by molar-refractivity contribution is 5.76. The van der Waals surface area contributed by atoms with E-state index in [9.17, 15) is 19.8 Å². The Morgan fingerprint density at radius 3 is 0.887 bits per heavy atom. The fourth-order valence-corrected chi connectivity index (χ4v) is 11.9. The molecule has 0 aliphatic carbocycles. The highest BCUT2D eigenvalue weighted by atomic mass is 16.5. The Morgan fingerprint density at radius 2 is 0.588 bits per heavy atom. The maximum absolute atomic E-state index is 12.6. The predicted molar refractivity (Wildman–Crippen MR) is 352 cm³/mol.